The van der Waals surface area contributed by atoms with Gasteiger partial charge in [-0.1, -0.05) is 23.7 Å². The van der Waals surface area contributed by atoms with Gasteiger partial charge in [-0.05, 0) is 30.3 Å². The summed E-state index contributed by atoms with van der Waals surface area (Å²) in [6.45, 7) is 0. The van der Waals surface area contributed by atoms with Crippen LogP contribution in [0.1, 0.15) is 10.4 Å². The zero-order chi connectivity index (χ0) is 21.2. The number of amides is 1. The first kappa shape index (κ1) is 20.8. The molecule has 0 bridgehead atoms. The predicted octanol–water partition coefficient (Wildman–Crippen LogP) is 3.24. The Balaban J connectivity index is 1.93. The molecule has 3 aromatic rings. The van der Waals surface area contributed by atoms with Crippen LogP contribution in [0.3, 0.4) is 0 Å². The van der Waals surface area contributed by atoms with Crippen LogP contribution >= 0.6 is 11.6 Å². The molecule has 0 spiro atoms. The van der Waals surface area contributed by atoms with Crippen LogP contribution in [0.4, 0.5) is 5.69 Å². The van der Waals surface area contributed by atoms with Crippen molar-refractivity contribution in [2.75, 3.05) is 26.5 Å². The molecule has 0 aliphatic carbocycles. The number of benzene rings is 2. The van der Waals surface area contributed by atoms with Gasteiger partial charge >= 0.3 is 0 Å². The number of carbonyl (C=O) groups is 1. The van der Waals surface area contributed by atoms with Gasteiger partial charge < -0.3 is 10.1 Å². The summed E-state index contributed by atoms with van der Waals surface area (Å²) in [7, 11) is 0.461. The Kier molecular flexibility index (Phi) is 5.92. The van der Waals surface area contributed by atoms with E-state index in [-0.39, 0.29) is 10.6 Å². The van der Waals surface area contributed by atoms with E-state index in [1.807, 2.05) is 0 Å². The fourth-order valence-corrected chi connectivity index (χ4v) is 3.85. The summed E-state index contributed by atoms with van der Waals surface area (Å²) in [4.78, 5) is 12.7. The lowest BCUT2D eigenvalue weighted by Gasteiger charge is -2.16. The molecule has 0 aliphatic heterocycles. The van der Waals surface area contributed by atoms with Gasteiger partial charge in [0.2, 0.25) is 10.0 Å². The molecule has 8 nitrogen and oxygen atoms in total. The second-order valence-electron chi connectivity index (χ2n) is 6.27. The third-order valence-electron chi connectivity index (χ3n) is 4.20. The van der Waals surface area contributed by atoms with Crippen molar-refractivity contribution in [2.24, 2.45) is 0 Å². The van der Waals surface area contributed by atoms with Crippen LogP contribution in [0.2, 0.25) is 5.02 Å². The van der Waals surface area contributed by atoms with Crippen molar-refractivity contribution in [1.29, 1.82) is 0 Å². The molecule has 0 aliphatic rings. The van der Waals surface area contributed by atoms with E-state index in [2.05, 4.69) is 15.5 Å². The Labute approximate surface area is 173 Å². The minimum absolute atomic E-state index is 0.0482. The highest BCUT2D eigenvalue weighted by molar-refractivity contribution is 7.89. The van der Waals surface area contributed by atoms with Crippen molar-refractivity contribution in [1.82, 2.24) is 14.5 Å². The molecule has 1 heterocycles. The first-order valence-electron chi connectivity index (χ1n) is 8.45. The van der Waals surface area contributed by atoms with E-state index in [9.17, 15) is 13.2 Å². The van der Waals surface area contributed by atoms with Crippen molar-refractivity contribution in [3.63, 3.8) is 0 Å². The number of methoxy groups -OCH3 is 1. The first-order valence-corrected chi connectivity index (χ1v) is 10.3. The third kappa shape index (κ3) is 4.26. The van der Waals surface area contributed by atoms with Crippen LogP contribution in [-0.2, 0) is 10.0 Å². The Morgan fingerprint density at radius 1 is 1.17 bits per heavy atom. The van der Waals surface area contributed by atoms with Gasteiger partial charge in [0.15, 0.2) is 0 Å². The van der Waals surface area contributed by atoms with E-state index < -0.39 is 15.9 Å². The highest BCUT2D eigenvalue weighted by Gasteiger charge is 2.23. The number of hydrogen-bond donors (Lipinski definition) is 2. The molecule has 2 N–H and O–H groups in total. The van der Waals surface area contributed by atoms with Crippen LogP contribution in [0.15, 0.2) is 53.6 Å². The number of nitrogens with zero attached hydrogens (tertiary/aromatic N) is 2. The Morgan fingerprint density at radius 3 is 2.48 bits per heavy atom. The average Bonchev–Trinajstić information content (AvgIpc) is 3.18. The summed E-state index contributed by atoms with van der Waals surface area (Å²) in [5.41, 5.74) is 1.87. The predicted molar refractivity (Wildman–Crippen MR) is 111 cm³/mol. The van der Waals surface area contributed by atoms with E-state index in [0.29, 0.717) is 22.0 Å². The minimum atomic E-state index is -3.76. The third-order valence-corrected chi connectivity index (χ3v) is 6.29. The number of hydrogen-bond acceptors (Lipinski definition) is 5. The zero-order valence-electron chi connectivity index (χ0n) is 15.9. The summed E-state index contributed by atoms with van der Waals surface area (Å²) >= 11 is 5.91. The fourth-order valence-electron chi connectivity index (χ4n) is 2.65. The molecule has 2 aromatic carbocycles. The summed E-state index contributed by atoms with van der Waals surface area (Å²) < 4.78 is 31.3. The lowest BCUT2D eigenvalue weighted by molar-refractivity contribution is 0.102. The number of halogens is 1. The highest BCUT2D eigenvalue weighted by Crippen LogP contribution is 2.30. The lowest BCUT2D eigenvalue weighted by atomic mass is 10.1. The number of anilines is 1. The van der Waals surface area contributed by atoms with Crippen molar-refractivity contribution < 1.29 is 17.9 Å². The molecule has 152 valence electrons. The van der Waals surface area contributed by atoms with Crippen molar-refractivity contribution in [3.05, 3.63) is 59.2 Å². The molecular formula is C19H19ClN4O4S. The van der Waals surface area contributed by atoms with Gasteiger partial charge in [-0.2, -0.15) is 5.10 Å². The van der Waals surface area contributed by atoms with Crippen molar-refractivity contribution in [2.45, 2.75) is 4.90 Å². The fraction of sp³-hybridized carbons (Fsp3) is 0.158. The van der Waals surface area contributed by atoms with Gasteiger partial charge in [-0.15, -0.1) is 0 Å². The van der Waals surface area contributed by atoms with Gasteiger partial charge in [0.25, 0.3) is 5.91 Å². The van der Waals surface area contributed by atoms with E-state index in [1.165, 1.54) is 39.5 Å². The summed E-state index contributed by atoms with van der Waals surface area (Å²) in [6, 6.07) is 11.4. The van der Waals surface area contributed by atoms with Crippen LogP contribution in [0, 0.1) is 0 Å². The van der Waals surface area contributed by atoms with E-state index in [1.54, 1.807) is 30.3 Å². The maximum atomic E-state index is 12.8. The number of H-pyrrole nitrogens is 1. The Morgan fingerprint density at radius 2 is 1.86 bits per heavy atom. The van der Waals surface area contributed by atoms with E-state index >= 15 is 0 Å². The number of aromatic nitrogens is 2. The molecule has 1 amide bonds. The molecule has 0 fully saturated rings. The second-order valence-corrected chi connectivity index (χ2v) is 8.83. The molecule has 29 heavy (non-hydrogen) atoms. The number of rotatable bonds is 6. The van der Waals surface area contributed by atoms with E-state index in [0.717, 1.165) is 9.87 Å². The molecule has 0 saturated heterocycles. The summed E-state index contributed by atoms with van der Waals surface area (Å²) in [6.07, 6.45) is 1.40. The number of ether oxygens (including phenoxy) is 1. The standard InChI is InChI=1S/C19H19ClN4O4S/c1-24(2)29(26,27)17-10-14(8-9-16(17)28-3)22-19(25)15-11-21-23-18(15)12-4-6-13(20)7-5-12/h4-11H,1-3H3,(H,21,23)(H,22,25). The van der Waals surface area contributed by atoms with Gasteiger partial charge in [0, 0.05) is 30.4 Å². The molecule has 0 atom stereocenters. The molecule has 3 rings (SSSR count). The van der Waals surface area contributed by atoms with Gasteiger partial charge in [0.05, 0.1) is 24.6 Å². The van der Waals surface area contributed by atoms with E-state index in [4.69, 9.17) is 16.3 Å². The average molecular weight is 435 g/mol. The lowest BCUT2D eigenvalue weighted by Crippen LogP contribution is -2.23. The summed E-state index contributed by atoms with van der Waals surface area (Å²) in [5.74, 6) is -0.260. The molecule has 0 radical (unpaired) electrons. The summed E-state index contributed by atoms with van der Waals surface area (Å²) in [5, 5.41) is 10.0. The smallest absolute Gasteiger partial charge is 0.259 e. The number of sulfonamides is 1. The number of aromatic amines is 1. The van der Waals surface area contributed by atoms with Crippen LogP contribution in [-0.4, -0.2) is 50.0 Å². The number of nitrogens with one attached hydrogen (secondary N) is 2. The van der Waals surface area contributed by atoms with Crippen molar-refractivity contribution >= 4 is 33.2 Å². The first-order chi connectivity index (χ1) is 13.7. The molecule has 1 aromatic heterocycles. The second kappa shape index (κ2) is 8.24. The SMILES string of the molecule is COc1ccc(NC(=O)c2cn[nH]c2-c2ccc(Cl)cc2)cc1S(=O)(=O)N(C)C. The van der Waals surface area contributed by atoms with Gasteiger partial charge in [-0.25, -0.2) is 12.7 Å². The number of carbonyl (C=O) groups excluding carboxylic acids is 1. The Hall–Kier alpha value is -2.88. The minimum Gasteiger partial charge on any atom is -0.495 e. The van der Waals surface area contributed by atoms with Gasteiger partial charge in [0.1, 0.15) is 10.6 Å². The molecule has 0 unspecified atom stereocenters. The van der Waals surface area contributed by atoms with Gasteiger partial charge in [-0.3, -0.25) is 9.89 Å². The van der Waals surface area contributed by atoms with Crippen LogP contribution < -0.4 is 10.1 Å². The van der Waals surface area contributed by atoms with Crippen LogP contribution in [0.25, 0.3) is 11.3 Å². The topological polar surface area (TPSA) is 104 Å². The maximum absolute atomic E-state index is 12.8. The molecule has 0 saturated carbocycles. The maximum Gasteiger partial charge on any atom is 0.259 e. The molecular weight excluding hydrogens is 416 g/mol. The molecule has 10 heteroatoms. The normalized spacial score (nSPS) is 11.5. The largest absolute Gasteiger partial charge is 0.495 e. The monoisotopic (exact) mass is 434 g/mol. The van der Waals surface area contributed by atoms with Crippen LogP contribution in [0.5, 0.6) is 5.75 Å². The Bertz CT molecular complexity index is 1140. The van der Waals surface area contributed by atoms with Crippen molar-refractivity contribution in [3.8, 4) is 17.0 Å². The zero-order valence-corrected chi connectivity index (χ0v) is 17.5. The quantitative estimate of drug-likeness (QED) is 0.619. The highest BCUT2D eigenvalue weighted by atomic mass is 35.5.